The van der Waals surface area contributed by atoms with Gasteiger partial charge in [0.25, 0.3) is 5.91 Å². The molecule has 122 valence electrons. The highest BCUT2D eigenvalue weighted by Crippen LogP contribution is 2.28. The Morgan fingerprint density at radius 3 is 2.79 bits per heavy atom. The van der Waals surface area contributed by atoms with Gasteiger partial charge in [-0.15, -0.1) is 0 Å². The summed E-state index contributed by atoms with van der Waals surface area (Å²) >= 11 is 0. The molecule has 0 bridgehead atoms. The Balaban J connectivity index is 1.99. The van der Waals surface area contributed by atoms with Gasteiger partial charge in [-0.05, 0) is 42.8 Å². The Bertz CT molecular complexity index is 791. The van der Waals surface area contributed by atoms with E-state index in [0.29, 0.717) is 22.7 Å². The number of nitrogens with zero attached hydrogens (tertiary/aromatic N) is 1. The van der Waals surface area contributed by atoms with Crippen LogP contribution >= 0.6 is 0 Å². The largest absolute Gasteiger partial charge is 0.493 e. The van der Waals surface area contributed by atoms with E-state index >= 15 is 0 Å². The van der Waals surface area contributed by atoms with Gasteiger partial charge in [0.15, 0.2) is 18.1 Å². The number of nitrogens with one attached hydrogen (secondary N) is 1. The lowest BCUT2D eigenvalue weighted by molar-refractivity contribution is -0.118. The molecule has 0 aromatic heterocycles. The van der Waals surface area contributed by atoms with Gasteiger partial charge in [-0.3, -0.25) is 4.79 Å². The molecule has 0 aliphatic rings. The van der Waals surface area contributed by atoms with Gasteiger partial charge < -0.3 is 14.8 Å². The van der Waals surface area contributed by atoms with Crippen LogP contribution in [-0.2, 0) is 4.79 Å². The van der Waals surface area contributed by atoms with E-state index in [2.05, 4.69) is 5.32 Å². The number of rotatable bonds is 6. The van der Waals surface area contributed by atoms with Crippen LogP contribution in [0.5, 0.6) is 11.5 Å². The number of nitriles is 1. The van der Waals surface area contributed by atoms with Crippen LogP contribution in [0.1, 0.15) is 18.1 Å². The first-order valence-electron chi connectivity index (χ1n) is 7.40. The third-order valence-electron chi connectivity index (χ3n) is 3.18. The van der Waals surface area contributed by atoms with Crippen molar-refractivity contribution in [1.29, 1.82) is 5.26 Å². The lowest BCUT2D eigenvalue weighted by Gasteiger charge is -2.11. The molecule has 1 amide bonds. The van der Waals surface area contributed by atoms with Crippen molar-refractivity contribution in [2.75, 3.05) is 19.0 Å². The first-order chi connectivity index (χ1) is 11.7. The molecule has 5 nitrogen and oxygen atoms in total. The number of amides is 1. The Labute approximate surface area is 141 Å². The molecule has 0 aliphatic heterocycles. The number of anilines is 1. The molecule has 2 aromatic rings. The number of carbonyl (C=O) groups is 1. The van der Waals surface area contributed by atoms with E-state index in [1.54, 1.807) is 37.4 Å². The predicted octanol–water partition coefficient (Wildman–Crippen LogP) is 3.62. The summed E-state index contributed by atoms with van der Waals surface area (Å²) < 4.78 is 10.8. The van der Waals surface area contributed by atoms with Crippen molar-refractivity contribution >= 4 is 17.7 Å². The minimum Gasteiger partial charge on any atom is -0.493 e. The predicted molar refractivity (Wildman–Crippen MR) is 93.0 cm³/mol. The van der Waals surface area contributed by atoms with Crippen molar-refractivity contribution in [3.05, 3.63) is 59.7 Å². The minimum absolute atomic E-state index is 0.157. The van der Waals surface area contributed by atoms with E-state index in [0.717, 1.165) is 5.56 Å². The zero-order valence-corrected chi connectivity index (χ0v) is 13.6. The molecule has 24 heavy (non-hydrogen) atoms. The Morgan fingerprint density at radius 1 is 1.25 bits per heavy atom. The molecular weight excluding hydrogens is 304 g/mol. The van der Waals surface area contributed by atoms with Crippen LogP contribution in [0.4, 0.5) is 5.69 Å². The Kier molecular flexibility index (Phi) is 5.98. The second-order valence-corrected chi connectivity index (χ2v) is 4.94. The molecule has 0 saturated heterocycles. The molecule has 5 heteroatoms. The molecule has 0 atom stereocenters. The average molecular weight is 322 g/mol. The van der Waals surface area contributed by atoms with Gasteiger partial charge in [0, 0.05) is 5.69 Å². The number of methoxy groups -OCH3 is 1. The van der Waals surface area contributed by atoms with Gasteiger partial charge in [-0.1, -0.05) is 24.3 Å². The second kappa shape index (κ2) is 8.39. The monoisotopic (exact) mass is 322 g/mol. The Morgan fingerprint density at radius 2 is 2.08 bits per heavy atom. The van der Waals surface area contributed by atoms with Crippen molar-refractivity contribution in [3.63, 3.8) is 0 Å². The maximum atomic E-state index is 12.0. The van der Waals surface area contributed by atoms with Gasteiger partial charge in [-0.2, -0.15) is 5.26 Å². The highest BCUT2D eigenvalue weighted by Gasteiger charge is 2.08. The van der Waals surface area contributed by atoms with Crippen LogP contribution in [-0.4, -0.2) is 19.6 Å². The molecule has 2 rings (SSSR count). The maximum Gasteiger partial charge on any atom is 0.262 e. The van der Waals surface area contributed by atoms with Crippen LogP contribution in [0.3, 0.4) is 0 Å². The van der Waals surface area contributed by atoms with Gasteiger partial charge >= 0.3 is 0 Å². The van der Waals surface area contributed by atoms with Crippen molar-refractivity contribution in [1.82, 2.24) is 0 Å². The molecule has 2 aromatic carbocycles. The van der Waals surface area contributed by atoms with E-state index in [-0.39, 0.29) is 12.5 Å². The normalized spacial score (nSPS) is 10.2. The molecule has 0 aliphatic carbocycles. The van der Waals surface area contributed by atoms with Gasteiger partial charge in [-0.25, -0.2) is 0 Å². The van der Waals surface area contributed by atoms with E-state index in [1.165, 1.54) is 0 Å². The van der Waals surface area contributed by atoms with Crippen molar-refractivity contribution in [2.24, 2.45) is 0 Å². The first-order valence-corrected chi connectivity index (χ1v) is 7.40. The summed E-state index contributed by atoms with van der Waals surface area (Å²) in [5.41, 5.74) is 2.02. The first kappa shape index (κ1) is 17.1. The zero-order valence-electron chi connectivity index (χ0n) is 13.6. The molecule has 0 saturated carbocycles. The summed E-state index contributed by atoms with van der Waals surface area (Å²) in [5, 5.41) is 11.5. The van der Waals surface area contributed by atoms with Crippen molar-refractivity contribution < 1.29 is 14.3 Å². The number of allylic oxidation sites excluding steroid dienone is 1. The van der Waals surface area contributed by atoms with Crippen LogP contribution in [0, 0.1) is 11.3 Å². The van der Waals surface area contributed by atoms with E-state index in [1.807, 2.05) is 37.3 Å². The Hall–Kier alpha value is -3.26. The number of hydrogen-bond acceptors (Lipinski definition) is 4. The zero-order chi connectivity index (χ0) is 17.4. The lowest BCUT2D eigenvalue weighted by Crippen LogP contribution is -2.20. The third-order valence-corrected chi connectivity index (χ3v) is 3.18. The SMILES string of the molecule is C/C=C\c1ccc(OCC(=O)Nc2cccc(C#N)c2)c(OC)c1. The second-order valence-electron chi connectivity index (χ2n) is 4.94. The number of benzene rings is 2. The van der Waals surface area contributed by atoms with Crippen molar-refractivity contribution in [3.8, 4) is 17.6 Å². The summed E-state index contributed by atoms with van der Waals surface area (Å²) in [6, 6.07) is 14.2. The summed E-state index contributed by atoms with van der Waals surface area (Å²) in [5.74, 6) is 0.737. The number of ether oxygens (including phenoxy) is 2. The summed E-state index contributed by atoms with van der Waals surface area (Å²) in [4.78, 5) is 12.0. The topological polar surface area (TPSA) is 71.3 Å². The molecule has 0 unspecified atom stereocenters. The standard InChI is InChI=1S/C19H18N2O3/c1-3-5-14-8-9-17(18(11-14)23-2)24-13-19(22)21-16-7-4-6-15(10-16)12-20/h3-11H,13H2,1-2H3,(H,21,22)/b5-3-. The van der Waals surface area contributed by atoms with Crippen LogP contribution in [0.2, 0.25) is 0 Å². The fraction of sp³-hybridized carbons (Fsp3) is 0.158. The molecule has 0 spiro atoms. The maximum absolute atomic E-state index is 12.0. The minimum atomic E-state index is -0.315. The summed E-state index contributed by atoms with van der Waals surface area (Å²) in [6.07, 6.45) is 3.87. The molecule has 0 heterocycles. The van der Waals surface area contributed by atoms with Crippen LogP contribution in [0.15, 0.2) is 48.5 Å². The lowest BCUT2D eigenvalue weighted by atomic mass is 10.2. The fourth-order valence-corrected chi connectivity index (χ4v) is 2.11. The van der Waals surface area contributed by atoms with Crippen LogP contribution in [0.25, 0.3) is 6.08 Å². The quantitative estimate of drug-likeness (QED) is 0.882. The van der Waals surface area contributed by atoms with Gasteiger partial charge in [0.2, 0.25) is 0 Å². The summed E-state index contributed by atoms with van der Waals surface area (Å²) in [6.45, 7) is 1.78. The van der Waals surface area contributed by atoms with Gasteiger partial charge in [0.05, 0.1) is 18.7 Å². The molecule has 1 N–H and O–H groups in total. The number of hydrogen-bond donors (Lipinski definition) is 1. The van der Waals surface area contributed by atoms with E-state index in [4.69, 9.17) is 14.7 Å². The molecule has 0 radical (unpaired) electrons. The summed E-state index contributed by atoms with van der Waals surface area (Å²) in [7, 11) is 1.55. The third kappa shape index (κ3) is 4.62. The average Bonchev–Trinajstić information content (AvgIpc) is 2.61. The van der Waals surface area contributed by atoms with Crippen LogP contribution < -0.4 is 14.8 Å². The molecular formula is C19H18N2O3. The highest BCUT2D eigenvalue weighted by molar-refractivity contribution is 5.92. The molecule has 0 fully saturated rings. The van der Waals surface area contributed by atoms with Crippen molar-refractivity contribution in [2.45, 2.75) is 6.92 Å². The van der Waals surface area contributed by atoms with E-state index in [9.17, 15) is 4.79 Å². The highest BCUT2D eigenvalue weighted by atomic mass is 16.5. The smallest absolute Gasteiger partial charge is 0.262 e. The fourth-order valence-electron chi connectivity index (χ4n) is 2.11. The van der Waals surface area contributed by atoms with Gasteiger partial charge in [0.1, 0.15) is 0 Å². The number of carbonyl (C=O) groups excluding carboxylic acids is 1. The van der Waals surface area contributed by atoms with E-state index < -0.39 is 0 Å².